The standard InChI is InChI=1S/C13H22N2OS/c1-2-12-15-8-11(17-12)7-14-9-13(10-16)5-3-4-6-13/h8,14,16H,2-7,9-10H2,1H3. The van der Waals surface area contributed by atoms with Crippen LogP contribution in [-0.4, -0.2) is 23.2 Å². The molecule has 3 nitrogen and oxygen atoms in total. The van der Waals surface area contributed by atoms with Gasteiger partial charge in [0.05, 0.1) is 5.01 Å². The Morgan fingerprint density at radius 1 is 1.47 bits per heavy atom. The number of nitrogens with zero attached hydrogens (tertiary/aromatic N) is 1. The van der Waals surface area contributed by atoms with E-state index in [1.165, 1.54) is 35.6 Å². The minimum Gasteiger partial charge on any atom is -0.396 e. The van der Waals surface area contributed by atoms with Crippen LogP contribution in [0.15, 0.2) is 6.20 Å². The normalized spacial score (nSPS) is 18.7. The molecular formula is C13H22N2OS. The van der Waals surface area contributed by atoms with Gasteiger partial charge in [0.25, 0.3) is 0 Å². The predicted octanol–water partition coefficient (Wildman–Crippen LogP) is 2.35. The molecule has 1 heterocycles. The van der Waals surface area contributed by atoms with Crippen LogP contribution < -0.4 is 5.32 Å². The van der Waals surface area contributed by atoms with Crippen molar-refractivity contribution >= 4 is 11.3 Å². The summed E-state index contributed by atoms with van der Waals surface area (Å²) in [6, 6.07) is 0. The van der Waals surface area contributed by atoms with Crippen molar-refractivity contribution in [2.75, 3.05) is 13.2 Å². The van der Waals surface area contributed by atoms with Crippen molar-refractivity contribution in [2.45, 2.75) is 45.6 Å². The van der Waals surface area contributed by atoms with Crippen molar-refractivity contribution in [3.63, 3.8) is 0 Å². The molecule has 1 aromatic rings. The van der Waals surface area contributed by atoms with Crippen LogP contribution in [0.1, 0.15) is 42.5 Å². The number of thiazole rings is 1. The van der Waals surface area contributed by atoms with Crippen molar-refractivity contribution < 1.29 is 5.11 Å². The first-order chi connectivity index (χ1) is 8.28. The van der Waals surface area contributed by atoms with E-state index in [0.717, 1.165) is 19.5 Å². The fourth-order valence-corrected chi connectivity index (χ4v) is 3.39. The molecule has 1 aromatic heterocycles. The van der Waals surface area contributed by atoms with Crippen molar-refractivity contribution in [1.82, 2.24) is 10.3 Å². The molecule has 96 valence electrons. The molecule has 1 aliphatic carbocycles. The molecule has 0 spiro atoms. The maximum atomic E-state index is 9.51. The smallest absolute Gasteiger partial charge is 0.0925 e. The second kappa shape index (κ2) is 5.94. The number of nitrogens with one attached hydrogen (secondary N) is 1. The van der Waals surface area contributed by atoms with E-state index in [2.05, 4.69) is 17.2 Å². The van der Waals surface area contributed by atoms with Crippen molar-refractivity contribution in [1.29, 1.82) is 0 Å². The molecule has 1 fully saturated rings. The molecule has 0 unspecified atom stereocenters. The molecule has 0 radical (unpaired) electrons. The lowest BCUT2D eigenvalue weighted by Crippen LogP contribution is -2.34. The van der Waals surface area contributed by atoms with Crippen molar-refractivity contribution in [2.24, 2.45) is 5.41 Å². The molecule has 4 heteroatoms. The van der Waals surface area contributed by atoms with E-state index in [0.29, 0.717) is 6.61 Å². The number of hydrogen-bond acceptors (Lipinski definition) is 4. The predicted molar refractivity (Wildman–Crippen MR) is 71.2 cm³/mol. The fourth-order valence-electron chi connectivity index (χ4n) is 2.56. The Hall–Kier alpha value is -0.450. The van der Waals surface area contributed by atoms with Gasteiger partial charge in [-0.25, -0.2) is 4.98 Å². The van der Waals surface area contributed by atoms with Crippen LogP contribution >= 0.6 is 11.3 Å². The summed E-state index contributed by atoms with van der Waals surface area (Å²) in [4.78, 5) is 5.65. The summed E-state index contributed by atoms with van der Waals surface area (Å²) in [5.74, 6) is 0. The van der Waals surface area contributed by atoms with Gasteiger partial charge in [-0.3, -0.25) is 0 Å². The molecule has 1 saturated carbocycles. The summed E-state index contributed by atoms with van der Waals surface area (Å²) in [7, 11) is 0. The Kier molecular flexibility index (Phi) is 4.54. The summed E-state index contributed by atoms with van der Waals surface area (Å²) in [6.07, 6.45) is 7.85. The Bertz CT molecular complexity index is 345. The summed E-state index contributed by atoms with van der Waals surface area (Å²) < 4.78 is 0. The van der Waals surface area contributed by atoms with Gasteiger partial charge in [-0.1, -0.05) is 19.8 Å². The number of rotatable bonds is 6. The average Bonchev–Trinajstić information content (AvgIpc) is 2.98. The summed E-state index contributed by atoms with van der Waals surface area (Å²) in [6.45, 7) is 4.28. The summed E-state index contributed by atoms with van der Waals surface area (Å²) in [5.41, 5.74) is 0.151. The zero-order chi connectivity index (χ0) is 12.1. The van der Waals surface area contributed by atoms with Crippen LogP contribution in [0.25, 0.3) is 0 Å². The first-order valence-corrected chi connectivity index (χ1v) is 7.35. The summed E-state index contributed by atoms with van der Waals surface area (Å²) >= 11 is 1.79. The molecule has 0 aromatic carbocycles. The lowest BCUT2D eigenvalue weighted by Gasteiger charge is -2.26. The molecule has 0 amide bonds. The number of aliphatic hydroxyl groups excluding tert-OH is 1. The highest BCUT2D eigenvalue weighted by atomic mass is 32.1. The van der Waals surface area contributed by atoms with Crippen LogP contribution in [-0.2, 0) is 13.0 Å². The fraction of sp³-hybridized carbons (Fsp3) is 0.769. The van der Waals surface area contributed by atoms with E-state index >= 15 is 0 Å². The zero-order valence-corrected chi connectivity index (χ0v) is 11.4. The monoisotopic (exact) mass is 254 g/mol. The van der Waals surface area contributed by atoms with Crippen molar-refractivity contribution in [3.05, 3.63) is 16.1 Å². The van der Waals surface area contributed by atoms with Crippen LogP contribution in [0.4, 0.5) is 0 Å². The molecule has 0 aliphatic heterocycles. The number of hydrogen-bond donors (Lipinski definition) is 2. The third-order valence-electron chi connectivity index (χ3n) is 3.70. The maximum absolute atomic E-state index is 9.51. The van der Waals surface area contributed by atoms with Gasteiger partial charge in [-0.2, -0.15) is 0 Å². The van der Waals surface area contributed by atoms with E-state index in [9.17, 15) is 5.11 Å². The number of aryl methyl sites for hydroxylation is 1. The Balaban J connectivity index is 1.78. The van der Waals surface area contributed by atoms with E-state index in [1.54, 1.807) is 11.3 Å². The first-order valence-electron chi connectivity index (χ1n) is 6.53. The molecule has 17 heavy (non-hydrogen) atoms. The Morgan fingerprint density at radius 3 is 2.82 bits per heavy atom. The highest BCUT2D eigenvalue weighted by Crippen LogP contribution is 2.36. The van der Waals surface area contributed by atoms with Gasteiger partial charge in [0, 0.05) is 36.2 Å². The van der Waals surface area contributed by atoms with Gasteiger partial charge in [-0.05, 0) is 19.3 Å². The maximum Gasteiger partial charge on any atom is 0.0925 e. The molecule has 0 saturated heterocycles. The van der Waals surface area contributed by atoms with Gasteiger partial charge in [0.2, 0.25) is 0 Å². The topological polar surface area (TPSA) is 45.2 Å². The largest absolute Gasteiger partial charge is 0.396 e. The minimum absolute atomic E-state index is 0.151. The average molecular weight is 254 g/mol. The molecule has 2 N–H and O–H groups in total. The van der Waals surface area contributed by atoms with Crippen LogP contribution in [0.3, 0.4) is 0 Å². The van der Waals surface area contributed by atoms with Gasteiger partial charge >= 0.3 is 0 Å². The molecular weight excluding hydrogens is 232 g/mol. The van der Waals surface area contributed by atoms with E-state index < -0.39 is 0 Å². The van der Waals surface area contributed by atoms with E-state index in [-0.39, 0.29) is 5.41 Å². The molecule has 2 rings (SSSR count). The van der Waals surface area contributed by atoms with Crippen LogP contribution in [0.2, 0.25) is 0 Å². The molecule has 0 atom stereocenters. The second-order valence-electron chi connectivity index (χ2n) is 5.04. The van der Waals surface area contributed by atoms with Crippen LogP contribution in [0.5, 0.6) is 0 Å². The van der Waals surface area contributed by atoms with Gasteiger partial charge < -0.3 is 10.4 Å². The number of aliphatic hydroxyl groups is 1. The van der Waals surface area contributed by atoms with E-state index in [1.807, 2.05) is 6.20 Å². The minimum atomic E-state index is 0.151. The quantitative estimate of drug-likeness (QED) is 0.819. The molecule has 0 bridgehead atoms. The van der Waals surface area contributed by atoms with Gasteiger partial charge in [0.15, 0.2) is 0 Å². The van der Waals surface area contributed by atoms with Gasteiger partial charge in [0.1, 0.15) is 0 Å². The Labute approximate surface area is 107 Å². The zero-order valence-electron chi connectivity index (χ0n) is 10.5. The third-order valence-corrected chi connectivity index (χ3v) is 4.84. The third kappa shape index (κ3) is 3.27. The van der Waals surface area contributed by atoms with Crippen molar-refractivity contribution in [3.8, 4) is 0 Å². The second-order valence-corrected chi connectivity index (χ2v) is 6.24. The van der Waals surface area contributed by atoms with Gasteiger partial charge in [-0.15, -0.1) is 11.3 Å². The summed E-state index contributed by atoms with van der Waals surface area (Å²) in [5, 5.41) is 14.2. The highest BCUT2D eigenvalue weighted by molar-refractivity contribution is 7.11. The highest BCUT2D eigenvalue weighted by Gasteiger charge is 2.32. The SMILES string of the molecule is CCc1ncc(CNCC2(CO)CCCC2)s1. The first kappa shape index (κ1) is 13.0. The lowest BCUT2D eigenvalue weighted by atomic mass is 9.87. The Morgan fingerprint density at radius 2 is 2.24 bits per heavy atom. The molecule has 1 aliphatic rings. The number of aromatic nitrogens is 1. The van der Waals surface area contributed by atoms with E-state index in [4.69, 9.17) is 0 Å². The lowest BCUT2D eigenvalue weighted by molar-refractivity contribution is 0.128. The van der Waals surface area contributed by atoms with Crippen LogP contribution in [0, 0.1) is 5.41 Å².